The Balaban J connectivity index is 1.80. The molecule has 2 aromatic heterocycles. The van der Waals surface area contributed by atoms with E-state index in [0.29, 0.717) is 29.4 Å². The van der Waals surface area contributed by atoms with Crippen molar-refractivity contribution in [1.29, 1.82) is 0 Å². The van der Waals surface area contributed by atoms with Gasteiger partial charge in [0.2, 0.25) is 0 Å². The van der Waals surface area contributed by atoms with Crippen LogP contribution in [0.2, 0.25) is 0 Å². The molecule has 0 bridgehead atoms. The summed E-state index contributed by atoms with van der Waals surface area (Å²) in [6.45, 7) is 0.326. The van der Waals surface area contributed by atoms with E-state index in [1.54, 1.807) is 43.4 Å². The molecule has 0 radical (unpaired) electrons. The fraction of sp³-hybridized carbons (Fsp3) is 0.167. The topological polar surface area (TPSA) is 78.3 Å². The molecule has 0 saturated heterocycles. The van der Waals surface area contributed by atoms with Crippen LogP contribution in [0.5, 0.6) is 11.5 Å². The molecule has 0 unspecified atom stereocenters. The van der Waals surface area contributed by atoms with Crippen LogP contribution >= 0.6 is 22.6 Å². The zero-order valence-corrected chi connectivity index (χ0v) is 16.4. The van der Waals surface area contributed by atoms with Crippen LogP contribution in [-0.4, -0.2) is 34.9 Å². The van der Waals surface area contributed by atoms with Gasteiger partial charge in [-0.3, -0.25) is 4.79 Å². The summed E-state index contributed by atoms with van der Waals surface area (Å²) in [5, 5.41) is 7.12. The van der Waals surface area contributed by atoms with Crippen LogP contribution in [0.15, 0.2) is 48.9 Å². The largest absolute Gasteiger partial charge is 0.493 e. The highest BCUT2D eigenvalue weighted by atomic mass is 127. The molecular weight excluding hydrogens is 447 g/mol. The van der Waals surface area contributed by atoms with Crippen LogP contribution in [0, 0.1) is 3.57 Å². The number of rotatable bonds is 6. The van der Waals surface area contributed by atoms with Gasteiger partial charge in [0.1, 0.15) is 0 Å². The number of aromatic nitrogens is 3. The number of benzene rings is 1. The Labute approximate surface area is 164 Å². The standard InChI is InChI=1S/C18H17IN4O3/c1-25-15-9-13(14(19)10-16(15)26-2)18(24)21-11-12-5-3-6-20-17(12)23-8-4-7-22-23/h3-10H,11H2,1-2H3,(H,21,24). The van der Waals surface area contributed by atoms with Crippen molar-refractivity contribution in [3.05, 3.63) is 63.6 Å². The van der Waals surface area contributed by atoms with Gasteiger partial charge >= 0.3 is 0 Å². The first-order valence-corrected chi connectivity index (χ1v) is 8.85. The van der Waals surface area contributed by atoms with E-state index in [0.717, 1.165) is 9.13 Å². The number of hydrogen-bond donors (Lipinski definition) is 1. The van der Waals surface area contributed by atoms with Crippen LogP contribution in [0.3, 0.4) is 0 Å². The summed E-state index contributed by atoms with van der Waals surface area (Å²) in [4.78, 5) is 17.0. The smallest absolute Gasteiger partial charge is 0.252 e. The minimum Gasteiger partial charge on any atom is -0.493 e. The van der Waals surface area contributed by atoms with Crippen molar-refractivity contribution in [2.75, 3.05) is 14.2 Å². The highest BCUT2D eigenvalue weighted by Gasteiger charge is 2.16. The number of carbonyl (C=O) groups excluding carboxylic acids is 1. The van der Waals surface area contributed by atoms with Gasteiger partial charge in [-0.25, -0.2) is 9.67 Å². The summed E-state index contributed by atoms with van der Waals surface area (Å²) in [7, 11) is 3.10. The fourth-order valence-corrected chi connectivity index (χ4v) is 3.15. The van der Waals surface area contributed by atoms with Gasteiger partial charge < -0.3 is 14.8 Å². The van der Waals surface area contributed by atoms with Gasteiger partial charge in [0.15, 0.2) is 17.3 Å². The number of hydrogen-bond acceptors (Lipinski definition) is 5. The maximum Gasteiger partial charge on any atom is 0.252 e. The van der Waals surface area contributed by atoms with Crippen LogP contribution in [0.25, 0.3) is 5.82 Å². The lowest BCUT2D eigenvalue weighted by Gasteiger charge is -2.13. The molecule has 0 spiro atoms. The Morgan fingerprint density at radius 1 is 1.19 bits per heavy atom. The second-order valence-corrected chi connectivity index (χ2v) is 6.47. The van der Waals surface area contributed by atoms with Crippen molar-refractivity contribution in [2.24, 2.45) is 0 Å². The van der Waals surface area contributed by atoms with Gasteiger partial charge in [-0.05, 0) is 46.9 Å². The third kappa shape index (κ3) is 3.79. The second kappa shape index (κ2) is 8.17. The first-order chi connectivity index (χ1) is 12.6. The molecule has 0 aliphatic heterocycles. The van der Waals surface area contributed by atoms with Crippen LogP contribution in [-0.2, 0) is 6.54 Å². The molecule has 3 rings (SSSR count). The fourth-order valence-electron chi connectivity index (χ4n) is 2.47. The number of methoxy groups -OCH3 is 2. The van der Waals surface area contributed by atoms with Crippen LogP contribution < -0.4 is 14.8 Å². The van der Waals surface area contributed by atoms with Crippen LogP contribution in [0.4, 0.5) is 0 Å². The molecule has 1 aromatic carbocycles. The van der Waals surface area contributed by atoms with E-state index in [-0.39, 0.29) is 5.91 Å². The lowest BCUT2D eigenvalue weighted by Crippen LogP contribution is -2.24. The molecule has 0 aliphatic rings. The Hall–Kier alpha value is -2.62. The number of halogens is 1. The molecule has 0 atom stereocenters. The number of nitrogens with zero attached hydrogens (tertiary/aromatic N) is 3. The highest BCUT2D eigenvalue weighted by Crippen LogP contribution is 2.31. The molecule has 1 amide bonds. The lowest BCUT2D eigenvalue weighted by atomic mass is 10.1. The van der Waals surface area contributed by atoms with Crippen molar-refractivity contribution in [3.8, 4) is 17.3 Å². The van der Waals surface area contributed by atoms with E-state index in [1.165, 1.54) is 0 Å². The van der Waals surface area contributed by atoms with Crippen molar-refractivity contribution >= 4 is 28.5 Å². The Morgan fingerprint density at radius 3 is 2.65 bits per heavy atom. The summed E-state index contributed by atoms with van der Waals surface area (Å²) >= 11 is 2.10. The molecule has 1 N–H and O–H groups in total. The van der Waals surface area contributed by atoms with Crippen molar-refractivity contribution in [2.45, 2.75) is 6.54 Å². The minimum absolute atomic E-state index is 0.203. The predicted octanol–water partition coefficient (Wildman–Crippen LogP) is 2.82. The monoisotopic (exact) mass is 464 g/mol. The van der Waals surface area contributed by atoms with E-state index < -0.39 is 0 Å². The van der Waals surface area contributed by atoms with Crippen molar-refractivity contribution < 1.29 is 14.3 Å². The summed E-state index contributed by atoms with van der Waals surface area (Å²) in [5.41, 5.74) is 1.38. The number of amides is 1. The Bertz CT molecular complexity index is 913. The molecule has 8 heteroatoms. The van der Waals surface area contributed by atoms with E-state index in [9.17, 15) is 4.79 Å². The van der Waals surface area contributed by atoms with Gasteiger partial charge in [-0.15, -0.1) is 0 Å². The second-order valence-electron chi connectivity index (χ2n) is 5.31. The highest BCUT2D eigenvalue weighted by molar-refractivity contribution is 14.1. The van der Waals surface area contributed by atoms with Crippen molar-refractivity contribution in [3.63, 3.8) is 0 Å². The average Bonchev–Trinajstić information content (AvgIpc) is 3.20. The Morgan fingerprint density at radius 2 is 1.96 bits per heavy atom. The number of ether oxygens (including phenoxy) is 2. The number of pyridine rings is 1. The molecule has 0 saturated carbocycles. The lowest BCUT2D eigenvalue weighted by molar-refractivity contribution is 0.0949. The first-order valence-electron chi connectivity index (χ1n) is 7.77. The summed E-state index contributed by atoms with van der Waals surface area (Å²) < 4.78 is 13.0. The molecule has 0 fully saturated rings. The molecule has 134 valence electrons. The third-order valence-electron chi connectivity index (χ3n) is 3.75. The molecule has 0 aliphatic carbocycles. The zero-order chi connectivity index (χ0) is 18.5. The van der Waals surface area contributed by atoms with Gasteiger partial charge in [-0.2, -0.15) is 5.10 Å². The molecular formula is C18H17IN4O3. The zero-order valence-electron chi connectivity index (χ0n) is 14.3. The van der Waals surface area contributed by atoms with E-state index in [2.05, 4.69) is 38.0 Å². The quantitative estimate of drug-likeness (QED) is 0.568. The van der Waals surface area contributed by atoms with E-state index in [4.69, 9.17) is 9.47 Å². The molecule has 7 nitrogen and oxygen atoms in total. The number of nitrogens with one attached hydrogen (secondary N) is 1. The van der Waals surface area contributed by atoms with E-state index in [1.807, 2.05) is 24.4 Å². The maximum absolute atomic E-state index is 12.6. The van der Waals surface area contributed by atoms with E-state index >= 15 is 0 Å². The summed E-state index contributed by atoms with van der Waals surface area (Å²) in [6, 6.07) is 9.00. The predicted molar refractivity (Wildman–Crippen MR) is 105 cm³/mol. The molecule has 2 heterocycles. The van der Waals surface area contributed by atoms with Gasteiger partial charge in [-0.1, -0.05) is 6.07 Å². The van der Waals surface area contributed by atoms with Gasteiger partial charge in [0.25, 0.3) is 5.91 Å². The normalized spacial score (nSPS) is 10.4. The maximum atomic E-state index is 12.6. The average molecular weight is 464 g/mol. The van der Waals surface area contributed by atoms with Gasteiger partial charge in [0, 0.05) is 34.3 Å². The van der Waals surface area contributed by atoms with Gasteiger partial charge in [0.05, 0.1) is 19.8 Å². The Kier molecular flexibility index (Phi) is 5.71. The summed E-state index contributed by atoms with van der Waals surface area (Å²) in [5.74, 6) is 1.57. The third-order valence-corrected chi connectivity index (χ3v) is 4.64. The first kappa shape index (κ1) is 18.2. The van der Waals surface area contributed by atoms with Crippen molar-refractivity contribution in [1.82, 2.24) is 20.1 Å². The molecule has 3 aromatic rings. The number of carbonyl (C=O) groups is 1. The molecule has 26 heavy (non-hydrogen) atoms. The minimum atomic E-state index is -0.203. The summed E-state index contributed by atoms with van der Waals surface area (Å²) in [6.07, 6.45) is 5.19. The van der Waals surface area contributed by atoms with Crippen LogP contribution in [0.1, 0.15) is 15.9 Å². The SMILES string of the molecule is COc1cc(I)c(C(=O)NCc2cccnc2-n2cccn2)cc1OC.